The van der Waals surface area contributed by atoms with E-state index in [9.17, 15) is 0 Å². The van der Waals surface area contributed by atoms with Crippen LogP contribution in [0.25, 0.3) is 16.9 Å². The molecule has 2 aliphatic heterocycles. The molecular formula is C26H29N7O2. The van der Waals surface area contributed by atoms with Crippen molar-refractivity contribution >= 4 is 28.5 Å². The molecule has 1 aromatic carbocycles. The highest BCUT2D eigenvalue weighted by atomic mass is 16.5. The zero-order chi connectivity index (χ0) is 23.6. The normalized spacial score (nSPS) is 15.6. The fourth-order valence-corrected chi connectivity index (χ4v) is 4.79. The molecule has 1 saturated heterocycles. The maximum atomic E-state index is 5.79. The number of hydrogen-bond acceptors (Lipinski definition) is 8. The van der Waals surface area contributed by atoms with Gasteiger partial charge in [0.2, 0.25) is 5.88 Å². The van der Waals surface area contributed by atoms with Gasteiger partial charge in [-0.3, -0.25) is 0 Å². The van der Waals surface area contributed by atoms with Gasteiger partial charge in [0.25, 0.3) is 0 Å². The minimum absolute atomic E-state index is 0.618. The fourth-order valence-electron chi connectivity index (χ4n) is 4.79. The summed E-state index contributed by atoms with van der Waals surface area (Å²) in [6.45, 7) is 3.51. The molecule has 0 amide bonds. The summed E-state index contributed by atoms with van der Waals surface area (Å²) in [5.74, 6) is 2.15. The van der Waals surface area contributed by atoms with Crippen LogP contribution in [0.5, 0.6) is 11.6 Å². The van der Waals surface area contributed by atoms with Crippen molar-refractivity contribution in [1.82, 2.24) is 19.4 Å². The number of imidazole rings is 1. The molecule has 0 spiro atoms. The number of methoxy groups -OCH3 is 1. The Morgan fingerprint density at radius 1 is 1.09 bits per heavy atom. The van der Waals surface area contributed by atoms with Crippen LogP contribution in [0.2, 0.25) is 0 Å². The molecule has 2 N–H and O–H groups in total. The summed E-state index contributed by atoms with van der Waals surface area (Å²) in [4.78, 5) is 16.3. The monoisotopic (exact) mass is 471 g/mol. The maximum Gasteiger partial charge on any atom is 0.237 e. The number of aromatic nitrogens is 4. The molecule has 0 saturated carbocycles. The predicted octanol–water partition coefficient (Wildman–Crippen LogP) is 4.73. The Morgan fingerprint density at radius 2 is 1.97 bits per heavy atom. The van der Waals surface area contributed by atoms with Crippen molar-refractivity contribution < 1.29 is 9.47 Å². The minimum Gasteiger partial charge on any atom is -0.495 e. The van der Waals surface area contributed by atoms with E-state index in [1.165, 1.54) is 25.7 Å². The summed E-state index contributed by atoms with van der Waals surface area (Å²) < 4.78 is 13.4. The van der Waals surface area contributed by atoms with Crippen LogP contribution in [0.3, 0.4) is 0 Å². The minimum atomic E-state index is 0.618. The number of rotatable bonds is 5. The summed E-state index contributed by atoms with van der Waals surface area (Å²) in [6, 6.07) is 8.28. The lowest BCUT2D eigenvalue weighted by atomic mass is 10.2. The van der Waals surface area contributed by atoms with Crippen molar-refractivity contribution in [2.45, 2.75) is 25.7 Å². The van der Waals surface area contributed by atoms with Crippen LogP contribution < -0.4 is 25.0 Å². The molecule has 0 aliphatic carbocycles. The molecule has 180 valence electrons. The summed E-state index contributed by atoms with van der Waals surface area (Å²) in [5, 5.41) is 6.81. The second-order valence-electron chi connectivity index (χ2n) is 8.90. The van der Waals surface area contributed by atoms with Crippen molar-refractivity contribution in [3.05, 3.63) is 49.1 Å². The summed E-state index contributed by atoms with van der Waals surface area (Å²) in [5.41, 5.74) is 5.35. The Morgan fingerprint density at radius 3 is 2.83 bits per heavy atom. The van der Waals surface area contributed by atoms with Gasteiger partial charge in [0.1, 0.15) is 12.4 Å². The molecule has 9 nitrogen and oxygen atoms in total. The van der Waals surface area contributed by atoms with Crippen LogP contribution in [0.4, 0.5) is 22.9 Å². The van der Waals surface area contributed by atoms with Gasteiger partial charge in [0, 0.05) is 61.7 Å². The molecule has 1 fully saturated rings. The number of fused-ring (bicyclic) bond motifs is 2. The van der Waals surface area contributed by atoms with Gasteiger partial charge >= 0.3 is 0 Å². The first kappa shape index (κ1) is 21.5. The van der Waals surface area contributed by atoms with Crippen LogP contribution in [0.15, 0.2) is 49.1 Å². The summed E-state index contributed by atoms with van der Waals surface area (Å²) in [6.07, 6.45) is 12.5. The molecule has 9 heteroatoms. The van der Waals surface area contributed by atoms with Crippen molar-refractivity contribution in [1.29, 1.82) is 0 Å². The lowest BCUT2D eigenvalue weighted by Crippen LogP contribution is -2.24. The van der Waals surface area contributed by atoms with E-state index in [4.69, 9.17) is 14.5 Å². The van der Waals surface area contributed by atoms with Crippen molar-refractivity contribution in [3.63, 3.8) is 0 Å². The summed E-state index contributed by atoms with van der Waals surface area (Å²) >= 11 is 0. The van der Waals surface area contributed by atoms with E-state index >= 15 is 0 Å². The molecule has 2 aliphatic rings. The number of benzene rings is 1. The van der Waals surface area contributed by atoms with E-state index in [1.807, 2.05) is 28.9 Å². The molecule has 0 radical (unpaired) electrons. The smallest absolute Gasteiger partial charge is 0.237 e. The fraction of sp³-hybridized carbons (Fsp3) is 0.346. The highest BCUT2D eigenvalue weighted by molar-refractivity contribution is 5.77. The summed E-state index contributed by atoms with van der Waals surface area (Å²) in [7, 11) is 1.73. The lowest BCUT2D eigenvalue weighted by Gasteiger charge is -2.25. The Labute approximate surface area is 204 Å². The third-order valence-corrected chi connectivity index (χ3v) is 6.57. The third-order valence-electron chi connectivity index (χ3n) is 6.57. The van der Waals surface area contributed by atoms with Gasteiger partial charge in [-0.25, -0.2) is 15.0 Å². The molecule has 0 unspecified atom stereocenters. The van der Waals surface area contributed by atoms with Crippen molar-refractivity contribution in [3.8, 4) is 22.9 Å². The average Bonchev–Trinajstić information content (AvgIpc) is 3.22. The number of pyridine rings is 1. The van der Waals surface area contributed by atoms with E-state index in [-0.39, 0.29) is 0 Å². The van der Waals surface area contributed by atoms with E-state index in [0.717, 1.165) is 59.4 Å². The number of ether oxygens (including phenoxy) is 2. The first-order chi connectivity index (χ1) is 17.3. The molecule has 5 heterocycles. The molecule has 6 rings (SSSR count). The Balaban J connectivity index is 1.33. The van der Waals surface area contributed by atoms with Crippen molar-refractivity contribution in [2.75, 3.05) is 48.9 Å². The molecule has 35 heavy (non-hydrogen) atoms. The second-order valence-corrected chi connectivity index (χ2v) is 8.90. The van der Waals surface area contributed by atoms with Gasteiger partial charge in [-0.15, -0.1) is 0 Å². The van der Waals surface area contributed by atoms with Crippen LogP contribution in [0, 0.1) is 0 Å². The Hall–Kier alpha value is -4.01. The van der Waals surface area contributed by atoms with Crippen molar-refractivity contribution in [2.24, 2.45) is 0 Å². The van der Waals surface area contributed by atoms with Gasteiger partial charge in [-0.1, -0.05) is 12.8 Å². The van der Waals surface area contributed by atoms with Gasteiger partial charge in [-0.2, -0.15) is 0 Å². The number of nitrogens with zero attached hydrogens (tertiary/aromatic N) is 5. The first-order valence-electron chi connectivity index (χ1n) is 12.2. The van der Waals surface area contributed by atoms with Crippen LogP contribution in [-0.2, 0) is 0 Å². The average molecular weight is 472 g/mol. The number of hydrogen-bond donors (Lipinski definition) is 2. The largest absolute Gasteiger partial charge is 0.495 e. The molecular weight excluding hydrogens is 442 g/mol. The van der Waals surface area contributed by atoms with Gasteiger partial charge in [0.05, 0.1) is 24.2 Å². The van der Waals surface area contributed by atoms with Gasteiger partial charge < -0.3 is 29.4 Å². The number of nitrogens with one attached hydrogen (secondary N) is 2. The van der Waals surface area contributed by atoms with E-state index < -0.39 is 0 Å². The van der Waals surface area contributed by atoms with Gasteiger partial charge in [0.15, 0.2) is 11.5 Å². The zero-order valence-electron chi connectivity index (χ0n) is 19.8. The Bertz CT molecular complexity index is 1350. The lowest BCUT2D eigenvalue weighted by molar-refractivity contribution is 0.310. The molecule has 0 bridgehead atoms. The Kier molecular flexibility index (Phi) is 5.73. The van der Waals surface area contributed by atoms with Crippen LogP contribution >= 0.6 is 0 Å². The standard InChI is InChI=1S/C26H29N7O2/c1-34-23-15-19(6-7-22(23)32-10-4-2-3-5-11-32)30-24-25-28-8-12-33(25)17-21(31-24)18-14-20-26(29-16-18)35-13-9-27-20/h6-8,12,14-17,27H,2-5,9-11,13H2,1H3,(H,30,31). The molecule has 4 aromatic rings. The predicted molar refractivity (Wildman–Crippen MR) is 137 cm³/mol. The first-order valence-corrected chi connectivity index (χ1v) is 12.2. The SMILES string of the molecule is COc1cc(Nc2nc(-c3cnc4c(c3)NCCO4)cn3ccnc23)ccc1N1CCCCCC1. The van der Waals surface area contributed by atoms with E-state index in [2.05, 4.69) is 37.6 Å². The topological polar surface area (TPSA) is 88.8 Å². The second kappa shape index (κ2) is 9.32. The quantitative estimate of drug-likeness (QED) is 0.432. The molecule has 0 atom stereocenters. The van der Waals surface area contributed by atoms with Crippen LogP contribution in [-0.4, -0.2) is 52.7 Å². The maximum absolute atomic E-state index is 5.79. The number of anilines is 4. The van der Waals surface area contributed by atoms with Crippen LogP contribution in [0.1, 0.15) is 25.7 Å². The van der Waals surface area contributed by atoms with E-state index in [1.54, 1.807) is 19.5 Å². The third kappa shape index (κ3) is 4.29. The van der Waals surface area contributed by atoms with Gasteiger partial charge in [-0.05, 0) is 31.0 Å². The van der Waals surface area contributed by atoms with E-state index in [0.29, 0.717) is 18.3 Å². The highest BCUT2D eigenvalue weighted by Crippen LogP contribution is 2.35. The molecule has 3 aromatic heterocycles. The zero-order valence-corrected chi connectivity index (χ0v) is 19.8. The highest BCUT2D eigenvalue weighted by Gasteiger charge is 2.17.